The van der Waals surface area contributed by atoms with Crippen LogP contribution in [0.15, 0.2) is 42.0 Å². The van der Waals surface area contributed by atoms with E-state index in [1.165, 1.54) is 12.1 Å². The highest BCUT2D eigenvalue weighted by Crippen LogP contribution is 2.33. The highest BCUT2D eigenvalue weighted by Gasteiger charge is 2.41. The average Bonchev–Trinajstić information content (AvgIpc) is 2.78. The second-order valence-corrected chi connectivity index (χ2v) is 8.70. The van der Waals surface area contributed by atoms with Crippen LogP contribution in [-0.4, -0.2) is 41.6 Å². The molecule has 1 atom stereocenters. The van der Waals surface area contributed by atoms with E-state index in [4.69, 9.17) is 5.73 Å². The number of halogens is 4. The molecule has 1 aliphatic heterocycles. The summed E-state index contributed by atoms with van der Waals surface area (Å²) >= 11 is 0. The number of nitrogens with two attached hydrogens (primary N) is 1. The molecular formula is C26H29F4N3O. The Morgan fingerprint density at radius 1 is 1.29 bits per heavy atom. The fourth-order valence-electron chi connectivity index (χ4n) is 4.41. The molecule has 1 aromatic heterocycles. The van der Waals surface area contributed by atoms with E-state index >= 15 is 0 Å². The van der Waals surface area contributed by atoms with Crippen LogP contribution in [-0.2, 0) is 0 Å². The maximum Gasteiger partial charge on any atom is 0.393 e. The maximum atomic E-state index is 13.5. The quantitative estimate of drug-likeness (QED) is 0.638. The first-order valence-corrected chi connectivity index (χ1v) is 11.2. The van der Waals surface area contributed by atoms with E-state index in [2.05, 4.69) is 11.6 Å². The number of benzene rings is 1. The van der Waals surface area contributed by atoms with Gasteiger partial charge in [0.2, 0.25) is 0 Å². The summed E-state index contributed by atoms with van der Waals surface area (Å²) in [4.78, 5) is 17.9. The van der Waals surface area contributed by atoms with Crippen molar-refractivity contribution in [1.82, 2.24) is 9.88 Å². The molecule has 1 aliphatic rings. The Balaban J connectivity index is 2.05. The number of carbonyl (C=O) groups excluding carboxylic acids is 1. The molecule has 2 N–H and O–H groups in total. The molecule has 4 nitrogen and oxygen atoms in total. The third-order valence-electron chi connectivity index (χ3n) is 6.17. The molecule has 0 radical (unpaired) electrons. The smallest absolute Gasteiger partial charge is 0.364 e. The summed E-state index contributed by atoms with van der Waals surface area (Å²) in [7, 11) is 0. The number of likely N-dealkylation sites (tertiary alicyclic amines) is 1. The molecule has 0 aliphatic carbocycles. The van der Waals surface area contributed by atoms with Crippen LogP contribution in [0.5, 0.6) is 0 Å². The van der Waals surface area contributed by atoms with Gasteiger partial charge in [-0.25, -0.2) is 9.37 Å². The lowest BCUT2D eigenvalue weighted by Crippen LogP contribution is -2.42. The van der Waals surface area contributed by atoms with Gasteiger partial charge in [0.15, 0.2) is 0 Å². The molecule has 8 heteroatoms. The van der Waals surface area contributed by atoms with Gasteiger partial charge in [-0.3, -0.25) is 9.69 Å². The topological polar surface area (TPSA) is 59.2 Å². The van der Waals surface area contributed by atoms with Gasteiger partial charge in [0, 0.05) is 18.3 Å². The second kappa shape index (κ2) is 10.5. The molecule has 0 bridgehead atoms. The van der Waals surface area contributed by atoms with E-state index in [1.807, 2.05) is 24.8 Å². The van der Waals surface area contributed by atoms with Crippen molar-refractivity contribution in [3.05, 3.63) is 64.1 Å². The van der Waals surface area contributed by atoms with Crippen LogP contribution in [0.4, 0.5) is 17.6 Å². The van der Waals surface area contributed by atoms with Gasteiger partial charge in [0.05, 0.1) is 11.3 Å². The molecule has 0 spiro atoms. The van der Waals surface area contributed by atoms with Crippen molar-refractivity contribution < 1.29 is 22.4 Å². The van der Waals surface area contributed by atoms with Crippen molar-refractivity contribution in [3.8, 4) is 11.1 Å². The van der Waals surface area contributed by atoms with Gasteiger partial charge in [-0.15, -0.1) is 0 Å². The van der Waals surface area contributed by atoms with E-state index in [0.29, 0.717) is 47.6 Å². The lowest BCUT2D eigenvalue weighted by molar-refractivity contribution is -0.186. The van der Waals surface area contributed by atoms with Crippen LogP contribution in [0.2, 0.25) is 0 Å². The maximum absolute atomic E-state index is 13.5. The van der Waals surface area contributed by atoms with Gasteiger partial charge in [-0.05, 0) is 67.6 Å². The zero-order valence-corrected chi connectivity index (χ0v) is 19.4. The molecular weight excluding hydrogens is 446 g/mol. The molecule has 3 rings (SSSR count). The summed E-state index contributed by atoms with van der Waals surface area (Å²) < 4.78 is 53.1. The van der Waals surface area contributed by atoms with Gasteiger partial charge >= 0.3 is 6.18 Å². The fourth-order valence-corrected chi connectivity index (χ4v) is 4.41. The predicted octanol–water partition coefficient (Wildman–Crippen LogP) is 4.18. The number of carbonyl (C=O) groups is 1. The van der Waals surface area contributed by atoms with Gasteiger partial charge < -0.3 is 5.73 Å². The van der Waals surface area contributed by atoms with Crippen molar-refractivity contribution >= 4 is 18.1 Å². The third kappa shape index (κ3) is 6.11. The van der Waals surface area contributed by atoms with Crippen LogP contribution in [0.3, 0.4) is 0 Å². The Morgan fingerprint density at radius 2 is 1.97 bits per heavy atom. The Kier molecular flexibility index (Phi) is 7.92. The zero-order valence-electron chi connectivity index (χ0n) is 19.4. The van der Waals surface area contributed by atoms with E-state index in [1.54, 1.807) is 18.2 Å². The van der Waals surface area contributed by atoms with Crippen LogP contribution >= 0.6 is 0 Å². The standard InChI is InChI=1S/C26H29F4N3O/c1-4-18(14-33-11-5-6-20(15-33)26(28,29)30)12-16(2)24-17(3)32-23(25(31)34)13-22(24)19-7-9-21(27)10-8-19/h7-10,12-13,20H,3-6,11,14-15H2,1-2H3,(H2,31,34)/b18-12+,24-16+. The Morgan fingerprint density at radius 3 is 2.56 bits per heavy atom. The Hall–Kier alpha value is -3.00. The van der Waals surface area contributed by atoms with E-state index < -0.39 is 23.8 Å². The highest BCUT2D eigenvalue weighted by molar-refractivity contribution is 5.92. The summed E-state index contributed by atoms with van der Waals surface area (Å²) in [5.41, 5.74) is 8.56. The molecule has 34 heavy (non-hydrogen) atoms. The first-order chi connectivity index (χ1) is 16.0. The minimum atomic E-state index is -4.18. The van der Waals surface area contributed by atoms with Gasteiger partial charge in [0.1, 0.15) is 11.5 Å². The van der Waals surface area contributed by atoms with Crippen LogP contribution in [0, 0.1) is 11.7 Å². The lowest BCUT2D eigenvalue weighted by Gasteiger charge is -2.34. The molecule has 0 saturated carbocycles. The molecule has 1 amide bonds. The molecule has 2 heterocycles. The summed E-state index contributed by atoms with van der Waals surface area (Å²) in [6.45, 7) is 8.88. The predicted molar refractivity (Wildman–Crippen MR) is 126 cm³/mol. The summed E-state index contributed by atoms with van der Waals surface area (Å²) in [6, 6.07) is 7.40. The normalized spacial score (nSPS) is 18.6. The second-order valence-electron chi connectivity index (χ2n) is 8.70. The minimum Gasteiger partial charge on any atom is -0.364 e. The average molecular weight is 476 g/mol. The summed E-state index contributed by atoms with van der Waals surface area (Å²) in [6.07, 6.45) is -0.896. The summed E-state index contributed by atoms with van der Waals surface area (Å²) in [5.74, 6) is -2.39. The zero-order chi connectivity index (χ0) is 25.0. The van der Waals surface area contributed by atoms with Crippen molar-refractivity contribution in [2.45, 2.75) is 39.3 Å². The molecule has 2 aromatic rings. The largest absolute Gasteiger partial charge is 0.393 e. The van der Waals surface area contributed by atoms with Crippen molar-refractivity contribution in [3.63, 3.8) is 0 Å². The first kappa shape index (κ1) is 25.6. The SMILES string of the molecule is C=c1nc(C(N)=O)cc(-c2ccc(F)cc2)/c1=C(C)/C=C(\CC)CN1CCCC(C(F)(F)F)C1. The van der Waals surface area contributed by atoms with E-state index in [-0.39, 0.29) is 18.7 Å². The number of allylic oxidation sites excluding steroid dienone is 1. The van der Waals surface area contributed by atoms with E-state index in [0.717, 1.165) is 11.1 Å². The number of hydrogen-bond donors (Lipinski definition) is 1. The molecule has 1 saturated heterocycles. The summed E-state index contributed by atoms with van der Waals surface area (Å²) in [5, 5.41) is 1.02. The number of amides is 1. The monoisotopic (exact) mass is 475 g/mol. The van der Waals surface area contributed by atoms with Crippen LogP contribution in [0.1, 0.15) is 43.6 Å². The third-order valence-corrected chi connectivity index (χ3v) is 6.17. The molecule has 1 unspecified atom stereocenters. The van der Waals surface area contributed by atoms with Crippen molar-refractivity contribution in [2.24, 2.45) is 11.7 Å². The van der Waals surface area contributed by atoms with Crippen LogP contribution < -0.4 is 16.3 Å². The van der Waals surface area contributed by atoms with Crippen molar-refractivity contribution in [2.75, 3.05) is 19.6 Å². The molecule has 1 fully saturated rings. The lowest BCUT2D eigenvalue weighted by atomic mass is 9.96. The minimum absolute atomic E-state index is 0.00381. The molecule has 1 aromatic carbocycles. The number of alkyl halides is 3. The number of aromatic nitrogens is 1. The highest BCUT2D eigenvalue weighted by atomic mass is 19.4. The number of piperidine rings is 1. The number of rotatable bonds is 6. The van der Waals surface area contributed by atoms with Crippen LogP contribution in [0.25, 0.3) is 23.3 Å². The van der Waals surface area contributed by atoms with Gasteiger partial charge in [-0.2, -0.15) is 13.2 Å². The number of hydrogen-bond acceptors (Lipinski definition) is 3. The number of pyridine rings is 1. The Bertz CT molecular complexity index is 1190. The van der Waals surface area contributed by atoms with Crippen molar-refractivity contribution in [1.29, 1.82) is 0 Å². The van der Waals surface area contributed by atoms with E-state index in [9.17, 15) is 22.4 Å². The fraction of sp³-hybridized carbons (Fsp3) is 0.385. The number of nitrogens with zero attached hydrogens (tertiary/aromatic N) is 2. The van der Waals surface area contributed by atoms with Gasteiger partial charge in [-0.1, -0.05) is 37.3 Å². The Labute approximate surface area is 196 Å². The first-order valence-electron chi connectivity index (χ1n) is 11.2. The number of primary amides is 1. The molecule has 182 valence electrons. The van der Waals surface area contributed by atoms with Gasteiger partial charge in [0.25, 0.3) is 5.91 Å².